The van der Waals surface area contributed by atoms with Crippen molar-refractivity contribution < 1.29 is 0 Å². The fourth-order valence-electron chi connectivity index (χ4n) is 1.65. The number of hydrogen-bond donors (Lipinski definition) is 0. The van der Waals surface area contributed by atoms with E-state index in [9.17, 15) is 0 Å². The SMILES string of the molecule is C.CCCCCCCCCC(C)CC. The summed E-state index contributed by atoms with van der Waals surface area (Å²) in [6.07, 6.45) is 12.9. The smallest absolute Gasteiger partial charge is 0.0445 e. The first-order valence-electron chi connectivity index (χ1n) is 6.31. The number of unbranched alkanes of at least 4 members (excludes halogenated alkanes) is 6. The highest BCUT2D eigenvalue weighted by Gasteiger charge is 1.97. The van der Waals surface area contributed by atoms with Gasteiger partial charge in [0.1, 0.15) is 0 Å². The van der Waals surface area contributed by atoms with Gasteiger partial charge in [-0.05, 0) is 5.92 Å². The fraction of sp³-hybridized carbons (Fsp3) is 1.00. The molecule has 0 fully saturated rings. The van der Waals surface area contributed by atoms with Gasteiger partial charge in [-0.25, -0.2) is 0 Å². The monoisotopic (exact) mass is 200 g/mol. The quantitative estimate of drug-likeness (QED) is 0.412. The molecule has 0 aliphatic heterocycles. The van der Waals surface area contributed by atoms with Crippen molar-refractivity contribution in [3.8, 4) is 0 Å². The Labute approximate surface area is 92.5 Å². The van der Waals surface area contributed by atoms with Crippen molar-refractivity contribution in [3.63, 3.8) is 0 Å². The third kappa shape index (κ3) is 12.0. The van der Waals surface area contributed by atoms with E-state index in [-0.39, 0.29) is 7.43 Å². The lowest BCUT2D eigenvalue weighted by Gasteiger charge is -2.07. The molecular weight excluding hydrogens is 168 g/mol. The molecule has 0 aromatic rings. The molecule has 0 aliphatic carbocycles. The van der Waals surface area contributed by atoms with Crippen molar-refractivity contribution in [2.75, 3.05) is 0 Å². The van der Waals surface area contributed by atoms with Gasteiger partial charge in [-0.3, -0.25) is 0 Å². The fourth-order valence-corrected chi connectivity index (χ4v) is 1.65. The summed E-state index contributed by atoms with van der Waals surface area (Å²) in [5, 5.41) is 0. The summed E-state index contributed by atoms with van der Waals surface area (Å²) in [6.45, 7) is 6.95. The van der Waals surface area contributed by atoms with Gasteiger partial charge in [0.05, 0.1) is 0 Å². The molecule has 88 valence electrons. The van der Waals surface area contributed by atoms with Crippen LogP contribution >= 0.6 is 0 Å². The van der Waals surface area contributed by atoms with Gasteiger partial charge in [-0.1, -0.05) is 86.0 Å². The summed E-state index contributed by atoms with van der Waals surface area (Å²) >= 11 is 0. The lowest BCUT2D eigenvalue weighted by Crippen LogP contribution is -1.91. The molecule has 0 rings (SSSR count). The van der Waals surface area contributed by atoms with Gasteiger partial charge in [0.25, 0.3) is 0 Å². The molecule has 0 radical (unpaired) electrons. The molecule has 1 unspecified atom stereocenters. The predicted molar refractivity (Wildman–Crippen MR) is 68.8 cm³/mol. The first-order valence-corrected chi connectivity index (χ1v) is 6.31. The third-order valence-corrected chi connectivity index (χ3v) is 3.00. The van der Waals surface area contributed by atoms with Gasteiger partial charge < -0.3 is 0 Å². The van der Waals surface area contributed by atoms with Gasteiger partial charge in [-0.15, -0.1) is 0 Å². The summed E-state index contributed by atoms with van der Waals surface area (Å²) in [7, 11) is 0. The van der Waals surface area contributed by atoms with E-state index in [0.717, 1.165) is 5.92 Å². The Morgan fingerprint density at radius 3 is 1.79 bits per heavy atom. The number of hydrogen-bond acceptors (Lipinski definition) is 0. The Bertz CT molecular complexity index is 86.0. The van der Waals surface area contributed by atoms with Crippen molar-refractivity contribution in [1.29, 1.82) is 0 Å². The van der Waals surface area contributed by atoms with E-state index < -0.39 is 0 Å². The minimum absolute atomic E-state index is 0. The molecule has 0 nitrogen and oxygen atoms in total. The second-order valence-corrected chi connectivity index (χ2v) is 4.42. The van der Waals surface area contributed by atoms with Crippen LogP contribution in [-0.4, -0.2) is 0 Å². The lowest BCUT2D eigenvalue weighted by atomic mass is 10.00. The van der Waals surface area contributed by atoms with Gasteiger partial charge in [0.2, 0.25) is 0 Å². The molecule has 0 spiro atoms. The van der Waals surface area contributed by atoms with Crippen molar-refractivity contribution >= 4 is 0 Å². The van der Waals surface area contributed by atoms with Crippen LogP contribution in [0.25, 0.3) is 0 Å². The predicted octanol–water partition coefficient (Wildman–Crippen LogP) is 5.81. The molecule has 0 amide bonds. The zero-order valence-electron chi connectivity index (χ0n) is 9.94. The van der Waals surface area contributed by atoms with Crippen molar-refractivity contribution in [1.82, 2.24) is 0 Å². The van der Waals surface area contributed by atoms with Gasteiger partial charge in [0, 0.05) is 0 Å². The summed E-state index contributed by atoms with van der Waals surface area (Å²) < 4.78 is 0. The highest BCUT2D eigenvalue weighted by atomic mass is 14.0. The Morgan fingerprint density at radius 2 is 1.29 bits per heavy atom. The summed E-state index contributed by atoms with van der Waals surface area (Å²) in [5.74, 6) is 0.954. The van der Waals surface area contributed by atoms with Crippen LogP contribution in [0.5, 0.6) is 0 Å². The Morgan fingerprint density at radius 1 is 0.786 bits per heavy atom. The Balaban J connectivity index is 0. The summed E-state index contributed by atoms with van der Waals surface area (Å²) in [6, 6.07) is 0. The summed E-state index contributed by atoms with van der Waals surface area (Å²) in [4.78, 5) is 0. The maximum Gasteiger partial charge on any atom is -0.0445 e. The first kappa shape index (κ1) is 16.4. The molecule has 0 heterocycles. The van der Waals surface area contributed by atoms with E-state index in [1.165, 1.54) is 57.8 Å². The van der Waals surface area contributed by atoms with Crippen LogP contribution in [0, 0.1) is 5.92 Å². The summed E-state index contributed by atoms with van der Waals surface area (Å²) in [5.41, 5.74) is 0. The van der Waals surface area contributed by atoms with E-state index in [2.05, 4.69) is 20.8 Å². The molecule has 0 aromatic carbocycles. The molecule has 0 N–H and O–H groups in total. The first-order chi connectivity index (χ1) is 6.31. The second-order valence-electron chi connectivity index (χ2n) is 4.42. The Hall–Kier alpha value is 0. The highest BCUT2D eigenvalue weighted by Crippen LogP contribution is 2.14. The molecule has 0 aromatic heterocycles. The minimum atomic E-state index is 0. The van der Waals surface area contributed by atoms with Crippen LogP contribution in [0.4, 0.5) is 0 Å². The van der Waals surface area contributed by atoms with Crippen LogP contribution < -0.4 is 0 Å². The molecule has 1 atom stereocenters. The van der Waals surface area contributed by atoms with Crippen molar-refractivity contribution in [3.05, 3.63) is 0 Å². The second kappa shape index (κ2) is 13.0. The molecular formula is C14H32. The zero-order valence-corrected chi connectivity index (χ0v) is 9.94. The van der Waals surface area contributed by atoms with E-state index >= 15 is 0 Å². The third-order valence-electron chi connectivity index (χ3n) is 3.00. The van der Waals surface area contributed by atoms with Crippen LogP contribution in [0.15, 0.2) is 0 Å². The van der Waals surface area contributed by atoms with Crippen LogP contribution in [0.2, 0.25) is 0 Å². The molecule has 0 saturated carbocycles. The highest BCUT2D eigenvalue weighted by molar-refractivity contribution is 4.51. The lowest BCUT2D eigenvalue weighted by molar-refractivity contribution is 0.471. The average Bonchev–Trinajstić information content (AvgIpc) is 2.16. The van der Waals surface area contributed by atoms with Gasteiger partial charge >= 0.3 is 0 Å². The van der Waals surface area contributed by atoms with Crippen molar-refractivity contribution in [2.24, 2.45) is 5.92 Å². The maximum absolute atomic E-state index is 2.37. The molecule has 0 heteroatoms. The largest absolute Gasteiger partial charge is 0.0776 e. The standard InChI is InChI=1S/C13H28.CH4/c1-4-6-7-8-9-10-11-12-13(3)5-2;/h13H,4-12H2,1-3H3;1H4. The average molecular weight is 200 g/mol. The zero-order chi connectivity index (χ0) is 9.94. The molecule has 14 heavy (non-hydrogen) atoms. The van der Waals surface area contributed by atoms with Crippen LogP contribution in [0.1, 0.15) is 86.0 Å². The minimum Gasteiger partial charge on any atom is -0.0776 e. The van der Waals surface area contributed by atoms with E-state index in [4.69, 9.17) is 0 Å². The maximum atomic E-state index is 2.37. The van der Waals surface area contributed by atoms with Crippen molar-refractivity contribution in [2.45, 2.75) is 86.0 Å². The topological polar surface area (TPSA) is 0 Å². The molecule has 0 bridgehead atoms. The number of rotatable bonds is 9. The Kier molecular flexibility index (Phi) is 15.3. The van der Waals surface area contributed by atoms with E-state index in [1.54, 1.807) is 0 Å². The van der Waals surface area contributed by atoms with Gasteiger partial charge in [-0.2, -0.15) is 0 Å². The molecule has 0 aliphatic rings. The van der Waals surface area contributed by atoms with Crippen LogP contribution in [-0.2, 0) is 0 Å². The van der Waals surface area contributed by atoms with E-state index in [1.807, 2.05) is 0 Å². The van der Waals surface area contributed by atoms with E-state index in [0.29, 0.717) is 0 Å². The molecule has 0 saturated heterocycles. The normalized spacial score (nSPS) is 12.2. The van der Waals surface area contributed by atoms with Gasteiger partial charge in [0.15, 0.2) is 0 Å². The van der Waals surface area contributed by atoms with Crippen LogP contribution in [0.3, 0.4) is 0 Å².